The Labute approximate surface area is 160 Å². The number of hydrogen-bond acceptors (Lipinski definition) is 5. The van der Waals surface area contributed by atoms with Crippen LogP contribution in [0.25, 0.3) is 0 Å². The fraction of sp³-hybridized carbons (Fsp3) is 0.471. The van der Waals surface area contributed by atoms with E-state index in [2.05, 4.69) is 15.9 Å². The van der Waals surface area contributed by atoms with E-state index >= 15 is 0 Å². The van der Waals surface area contributed by atoms with Crippen molar-refractivity contribution in [2.45, 2.75) is 33.3 Å². The second kappa shape index (κ2) is 8.61. The summed E-state index contributed by atoms with van der Waals surface area (Å²) in [4.78, 5) is 36.6. The highest BCUT2D eigenvalue weighted by Gasteiger charge is 2.34. The molecule has 2 amide bonds. The molecule has 1 rings (SSSR count). The summed E-state index contributed by atoms with van der Waals surface area (Å²) < 4.78 is 4.56. The van der Waals surface area contributed by atoms with E-state index in [0.29, 0.717) is 0 Å². The Morgan fingerprint density at radius 2 is 1.73 bits per heavy atom. The average Bonchev–Trinajstić information content (AvgIpc) is 2.52. The molecule has 0 aliphatic carbocycles. The SMILES string of the molecule is CC[N+]([O-])(C(=O)CN(CC(=O)O)C(=O)OC(C)(C)C)c1ccc(Br)cc1. The van der Waals surface area contributed by atoms with Crippen LogP contribution < -0.4 is 4.65 Å². The molecule has 0 aliphatic rings. The van der Waals surface area contributed by atoms with Crippen LogP contribution in [0.2, 0.25) is 0 Å². The first kappa shape index (κ1) is 22.1. The van der Waals surface area contributed by atoms with Gasteiger partial charge in [0, 0.05) is 16.6 Å². The average molecular weight is 431 g/mol. The first-order valence-electron chi connectivity index (χ1n) is 7.97. The molecule has 1 unspecified atom stereocenters. The molecule has 1 aromatic rings. The molecule has 0 radical (unpaired) electrons. The van der Waals surface area contributed by atoms with Gasteiger partial charge < -0.3 is 15.1 Å². The summed E-state index contributed by atoms with van der Waals surface area (Å²) in [6.07, 6.45) is -0.966. The lowest BCUT2D eigenvalue weighted by atomic mass is 10.2. The summed E-state index contributed by atoms with van der Waals surface area (Å²) >= 11 is 3.26. The highest BCUT2D eigenvalue weighted by Crippen LogP contribution is 2.25. The van der Waals surface area contributed by atoms with Crippen molar-refractivity contribution in [2.75, 3.05) is 19.6 Å². The van der Waals surface area contributed by atoms with E-state index in [-0.39, 0.29) is 12.2 Å². The molecule has 0 saturated carbocycles. The van der Waals surface area contributed by atoms with Crippen molar-refractivity contribution in [3.8, 4) is 0 Å². The zero-order valence-electron chi connectivity index (χ0n) is 15.2. The smallest absolute Gasteiger partial charge is 0.411 e. The Bertz CT molecular complexity index is 671. The maximum absolute atomic E-state index is 13.1. The first-order chi connectivity index (χ1) is 11.9. The van der Waals surface area contributed by atoms with Gasteiger partial charge in [-0.15, -0.1) is 0 Å². The summed E-state index contributed by atoms with van der Waals surface area (Å²) in [5, 5.41) is 22.1. The lowest BCUT2D eigenvalue weighted by Crippen LogP contribution is -2.55. The Morgan fingerprint density at radius 1 is 1.19 bits per heavy atom. The number of carbonyl (C=O) groups is 3. The van der Waals surface area contributed by atoms with Crippen LogP contribution in [-0.2, 0) is 14.3 Å². The van der Waals surface area contributed by atoms with Crippen LogP contribution in [0, 0.1) is 5.21 Å². The van der Waals surface area contributed by atoms with E-state index in [1.165, 1.54) is 12.1 Å². The number of hydrogen-bond donors (Lipinski definition) is 1. The molecule has 26 heavy (non-hydrogen) atoms. The van der Waals surface area contributed by atoms with Gasteiger partial charge in [0.15, 0.2) is 0 Å². The fourth-order valence-electron chi connectivity index (χ4n) is 2.14. The minimum absolute atomic E-state index is 0.101. The number of halogens is 1. The number of hydroxylamine groups is 2. The van der Waals surface area contributed by atoms with Crippen LogP contribution in [0.1, 0.15) is 27.7 Å². The monoisotopic (exact) mass is 430 g/mol. The van der Waals surface area contributed by atoms with E-state index in [9.17, 15) is 19.6 Å². The van der Waals surface area contributed by atoms with Crippen molar-refractivity contribution in [1.82, 2.24) is 9.55 Å². The Kier molecular flexibility index (Phi) is 7.31. The summed E-state index contributed by atoms with van der Waals surface area (Å²) in [6, 6.07) is 6.28. The van der Waals surface area contributed by atoms with Gasteiger partial charge in [0.1, 0.15) is 24.4 Å². The van der Waals surface area contributed by atoms with E-state index < -0.39 is 41.3 Å². The molecular weight excluding hydrogens is 408 g/mol. The maximum Gasteiger partial charge on any atom is 0.411 e. The molecule has 1 atom stereocenters. The number of amides is 2. The predicted molar refractivity (Wildman–Crippen MR) is 100 cm³/mol. The van der Waals surface area contributed by atoms with Crippen molar-refractivity contribution in [2.24, 2.45) is 0 Å². The van der Waals surface area contributed by atoms with Gasteiger partial charge in [0.2, 0.25) is 0 Å². The first-order valence-corrected chi connectivity index (χ1v) is 8.76. The van der Waals surface area contributed by atoms with Crippen molar-refractivity contribution in [1.29, 1.82) is 0 Å². The lowest BCUT2D eigenvalue weighted by Gasteiger charge is -2.39. The Balaban J connectivity index is 3.07. The second-order valence-corrected chi connectivity index (χ2v) is 7.57. The molecule has 0 aliphatic heterocycles. The molecule has 0 fully saturated rings. The zero-order chi connectivity index (χ0) is 20.1. The van der Waals surface area contributed by atoms with Gasteiger partial charge >= 0.3 is 18.0 Å². The van der Waals surface area contributed by atoms with Crippen LogP contribution in [0.15, 0.2) is 28.7 Å². The Hall–Kier alpha value is -1.97. The third-order valence-corrected chi connectivity index (χ3v) is 3.92. The van der Waals surface area contributed by atoms with Gasteiger partial charge in [-0.05, 0) is 39.8 Å². The van der Waals surface area contributed by atoms with Gasteiger partial charge in [-0.25, -0.2) is 9.59 Å². The van der Waals surface area contributed by atoms with Gasteiger partial charge in [0.25, 0.3) is 0 Å². The van der Waals surface area contributed by atoms with E-state index in [1.54, 1.807) is 39.8 Å². The van der Waals surface area contributed by atoms with Crippen LogP contribution in [0.3, 0.4) is 0 Å². The van der Waals surface area contributed by atoms with Gasteiger partial charge in [-0.2, -0.15) is 0 Å². The maximum atomic E-state index is 13.1. The number of ether oxygens (including phenoxy) is 1. The van der Waals surface area contributed by atoms with Crippen molar-refractivity contribution < 1.29 is 24.2 Å². The third-order valence-electron chi connectivity index (χ3n) is 3.40. The molecule has 0 heterocycles. The number of likely N-dealkylation sites (N-methyl/N-ethyl adjacent to an activating group) is 1. The van der Waals surface area contributed by atoms with Gasteiger partial charge in [0.05, 0.1) is 6.54 Å². The van der Waals surface area contributed by atoms with Crippen LogP contribution in [0.4, 0.5) is 10.5 Å². The standard InChI is InChI=1S/C17H23BrN2O6/c1-5-20(25,13-8-6-12(18)7-9-13)14(21)10-19(11-15(22)23)16(24)26-17(2,3)4/h6-9H,5,10-11H2,1-4H3,(H,22,23). The van der Waals surface area contributed by atoms with Crippen molar-refractivity contribution in [3.05, 3.63) is 33.9 Å². The number of quaternary nitrogens is 1. The van der Waals surface area contributed by atoms with Crippen LogP contribution in [0.5, 0.6) is 0 Å². The van der Waals surface area contributed by atoms with Gasteiger partial charge in [-0.1, -0.05) is 15.9 Å². The highest BCUT2D eigenvalue weighted by molar-refractivity contribution is 9.10. The fourth-order valence-corrected chi connectivity index (χ4v) is 2.40. The quantitative estimate of drug-likeness (QED) is 0.548. The molecule has 1 N–H and O–H groups in total. The number of carbonyl (C=O) groups excluding carboxylic acids is 2. The van der Waals surface area contributed by atoms with Crippen LogP contribution >= 0.6 is 15.9 Å². The van der Waals surface area contributed by atoms with E-state index in [1.807, 2.05) is 0 Å². The molecule has 0 saturated heterocycles. The minimum Gasteiger partial charge on any atom is -0.620 e. The summed E-state index contributed by atoms with van der Waals surface area (Å²) in [5.41, 5.74) is -0.670. The van der Waals surface area contributed by atoms with E-state index in [0.717, 1.165) is 9.37 Å². The van der Waals surface area contributed by atoms with Gasteiger partial charge in [-0.3, -0.25) is 14.3 Å². The zero-order valence-corrected chi connectivity index (χ0v) is 16.8. The number of aliphatic carboxylic acids is 1. The molecule has 0 bridgehead atoms. The molecule has 1 aromatic carbocycles. The predicted octanol–water partition coefficient (Wildman–Crippen LogP) is 3.12. The summed E-state index contributed by atoms with van der Waals surface area (Å²) in [7, 11) is 0. The topological polar surface area (TPSA) is 107 Å². The molecule has 9 heteroatoms. The number of nitrogens with zero attached hydrogens (tertiary/aromatic N) is 2. The van der Waals surface area contributed by atoms with Crippen molar-refractivity contribution >= 4 is 39.6 Å². The summed E-state index contributed by atoms with van der Waals surface area (Å²) in [5.74, 6) is -2.17. The number of benzene rings is 1. The molecular formula is C17H23BrN2O6. The molecule has 0 spiro atoms. The number of carboxylic acid groups (broad SMARTS) is 1. The van der Waals surface area contributed by atoms with Crippen LogP contribution in [-0.4, -0.2) is 53.2 Å². The molecule has 144 valence electrons. The number of rotatable bonds is 6. The van der Waals surface area contributed by atoms with Crippen molar-refractivity contribution in [3.63, 3.8) is 0 Å². The second-order valence-electron chi connectivity index (χ2n) is 6.66. The summed E-state index contributed by atoms with van der Waals surface area (Å²) in [6.45, 7) is 4.88. The largest absolute Gasteiger partial charge is 0.620 e. The molecule has 8 nitrogen and oxygen atoms in total. The third kappa shape index (κ3) is 6.08. The minimum atomic E-state index is -1.31. The normalized spacial score (nSPS) is 13.6. The molecule has 0 aromatic heterocycles. The Morgan fingerprint density at radius 3 is 2.15 bits per heavy atom. The highest BCUT2D eigenvalue weighted by atomic mass is 79.9. The number of carboxylic acids is 1. The lowest BCUT2D eigenvalue weighted by molar-refractivity contribution is -0.139. The van der Waals surface area contributed by atoms with E-state index in [4.69, 9.17) is 9.84 Å².